The summed E-state index contributed by atoms with van der Waals surface area (Å²) >= 11 is 0. The largest absolute Gasteiger partial charge is 0.490 e. The first kappa shape index (κ1) is 20.4. The first-order valence-corrected chi connectivity index (χ1v) is 13.1. The van der Waals surface area contributed by atoms with E-state index in [0.717, 1.165) is 49.9 Å². The molecule has 8 fully saturated rings. The Balaban J connectivity index is 1.15. The number of carbonyl (C=O) groups excluding carboxylic acids is 1. The van der Waals surface area contributed by atoms with E-state index < -0.39 is 4.92 Å². The van der Waals surface area contributed by atoms with E-state index in [9.17, 15) is 14.9 Å². The van der Waals surface area contributed by atoms with Crippen LogP contribution in [0, 0.1) is 50.5 Å². The SMILES string of the molecule is C[C@H](NC(=O)C12C[C@@H]3C[C@@H](C1)CC(n1cnc([N+](=O)[O-])n1)(C3)C2)C12CC3CC(CC(C3)C1)C2. The van der Waals surface area contributed by atoms with Crippen LogP contribution in [-0.2, 0) is 10.3 Å². The lowest BCUT2D eigenvalue weighted by atomic mass is 9.46. The lowest BCUT2D eigenvalue weighted by Crippen LogP contribution is -2.63. The van der Waals surface area contributed by atoms with Crippen LogP contribution >= 0.6 is 0 Å². The maximum atomic E-state index is 14.0. The lowest BCUT2D eigenvalue weighted by Gasteiger charge is -2.61. The van der Waals surface area contributed by atoms with Crippen LogP contribution in [-0.4, -0.2) is 31.6 Å². The zero-order valence-corrected chi connectivity index (χ0v) is 19.5. The van der Waals surface area contributed by atoms with Crippen molar-refractivity contribution < 1.29 is 9.72 Å². The molecule has 8 nitrogen and oxygen atoms in total. The van der Waals surface area contributed by atoms with Crippen LogP contribution < -0.4 is 5.32 Å². The normalized spacial score (nSPS) is 47.6. The molecule has 0 saturated heterocycles. The summed E-state index contributed by atoms with van der Waals surface area (Å²) in [7, 11) is 0. The number of nitrogens with zero attached hydrogens (tertiary/aromatic N) is 4. The maximum Gasteiger partial charge on any atom is 0.490 e. The Hall–Kier alpha value is -1.99. The molecule has 0 radical (unpaired) electrons. The average Bonchev–Trinajstić information content (AvgIpc) is 3.23. The average molecular weight is 454 g/mol. The van der Waals surface area contributed by atoms with E-state index >= 15 is 0 Å². The van der Waals surface area contributed by atoms with Crippen molar-refractivity contribution in [1.29, 1.82) is 0 Å². The van der Waals surface area contributed by atoms with Gasteiger partial charge in [0, 0.05) is 11.1 Å². The van der Waals surface area contributed by atoms with E-state index in [0.29, 0.717) is 17.3 Å². The van der Waals surface area contributed by atoms with E-state index in [2.05, 4.69) is 22.3 Å². The van der Waals surface area contributed by atoms with Crippen molar-refractivity contribution in [3.8, 4) is 0 Å². The third-order valence-electron chi connectivity index (χ3n) is 11.0. The Morgan fingerprint density at radius 1 is 1.03 bits per heavy atom. The molecule has 0 spiro atoms. The van der Waals surface area contributed by atoms with Crippen LogP contribution in [0.1, 0.15) is 84.0 Å². The Kier molecular flexibility index (Phi) is 4.06. The Bertz CT molecular complexity index is 968. The van der Waals surface area contributed by atoms with Crippen LogP contribution in [0.5, 0.6) is 0 Å². The van der Waals surface area contributed by atoms with E-state index in [1.807, 2.05) is 0 Å². The minimum Gasteiger partial charge on any atom is -0.390 e. The third kappa shape index (κ3) is 2.91. The molecule has 8 saturated carbocycles. The van der Waals surface area contributed by atoms with Gasteiger partial charge in [-0.05, 0) is 124 Å². The van der Waals surface area contributed by atoms with Gasteiger partial charge in [0.05, 0.1) is 11.0 Å². The molecule has 1 amide bonds. The Labute approximate surface area is 194 Å². The van der Waals surface area contributed by atoms with Gasteiger partial charge >= 0.3 is 5.95 Å². The second-order valence-corrected chi connectivity index (χ2v) is 13.2. The summed E-state index contributed by atoms with van der Waals surface area (Å²) in [6, 6.07) is 0.231. The van der Waals surface area contributed by atoms with Crippen molar-refractivity contribution in [2.24, 2.45) is 40.4 Å². The predicted octanol–water partition coefficient (Wildman–Crippen LogP) is 4.20. The molecule has 8 heteroatoms. The number of hydrogen-bond donors (Lipinski definition) is 1. The summed E-state index contributed by atoms with van der Waals surface area (Å²) in [6.07, 6.45) is 15.4. The molecule has 8 aliphatic carbocycles. The van der Waals surface area contributed by atoms with Gasteiger partial charge in [-0.3, -0.25) is 4.79 Å². The minimum atomic E-state index is -0.521. The van der Waals surface area contributed by atoms with Crippen molar-refractivity contribution in [2.75, 3.05) is 0 Å². The number of amides is 1. The van der Waals surface area contributed by atoms with E-state index in [4.69, 9.17) is 0 Å². The molecule has 9 rings (SSSR count). The monoisotopic (exact) mass is 453 g/mol. The third-order valence-corrected chi connectivity index (χ3v) is 11.0. The van der Waals surface area contributed by atoms with Crippen LogP contribution in [0.2, 0.25) is 0 Å². The van der Waals surface area contributed by atoms with Crippen molar-refractivity contribution in [1.82, 2.24) is 20.1 Å². The molecule has 1 heterocycles. The fourth-order valence-electron chi connectivity index (χ4n) is 10.5. The van der Waals surface area contributed by atoms with E-state index in [1.165, 1.54) is 51.3 Å². The molecule has 8 bridgehead atoms. The number of carbonyl (C=O) groups is 1. The van der Waals surface area contributed by atoms with Crippen molar-refractivity contribution in [3.63, 3.8) is 0 Å². The standard InChI is InChI=1S/C25H35N5O3/c1-15(23-6-16-2-17(7-23)4-18(3-16)8-23)27-21(31)24-9-19-5-20(10-24)12-25(11-19,13-24)29-14-26-22(28-29)30(32)33/h14-20H,2-13H2,1H3,(H,27,31)/t15-,16?,17?,18?,19-,20-,23?,24?,25?/m0/s1. The summed E-state index contributed by atoms with van der Waals surface area (Å²) < 4.78 is 1.76. The number of hydrogen-bond acceptors (Lipinski definition) is 5. The molecule has 3 atom stereocenters. The predicted molar refractivity (Wildman–Crippen MR) is 120 cm³/mol. The summed E-state index contributed by atoms with van der Waals surface area (Å²) in [5, 5.41) is 19.0. The molecule has 1 N–H and O–H groups in total. The molecule has 1 aromatic heterocycles. The molecule has 1 aromatic rings. The number of aromatic nitrogens is 3. The maximum absolute atomic E-state index is 14.0. The molecular formula is C25H35N5O3. The molecule has 0 aliphatic heterocycles. The van der Waals surface area contributed by atoms with Gasteiger partial charge in [-0.1, -0.05) is 4.98 Å². The highest BCUT2D eigenvalue weighted by Gasteiger charge is 2.63. The number of nitrogens with one attached hydrogen (secondary N) is 1. The molecule has 8 aliphatic rings. The number of rotatable bonds is 5. The molecule has 33 heavy (non-hydrogen) atoms. The zero-order chi connectivity index (χ0) is 22.6. The Morgan fingerprint density at radius 3 is 2.15 bits per heavy atom. The van der Waals surface area contributed by atoms with Gasteiger partial charge < -0.3 is 15.4 Å². The van der Waals surface area contributed by atoms with Gasteiger partial charge in [0.25, 0.3) is 0 Å². The fourth-order valence-corrected chi connectivity index (χ4v) is 10.5. The minimum absolute atomic E-state index is 0.231. The number of nitro groups is 1. The topological polar surface area (TPSA) is 103 Å². The molecular weight excluding hydrogens is 418 g/mol. The van der Waals surface area contributed by atoms with Crippen LogP contribution in [0.4, 0.5) is 5.95 Å². The summed E-state index contributed by atoms with van der Waals surface area (Å²) in [5.41, 5.74) is -0.356. The highest BCUT2D eigenvalue weighted by atomic mass is 16.6. The second-order valence-electron chi connectivity index (χ2n) is 13.2. The van der Waals surface area contributed by atoms with Gasteiger partial charge in [0.1, 0.15) is 0 Å². The fraction of sp³-hybridized carbons (Fsp3) is 0.880. The first-order valence-electron chi connectivity index (χ1n) is 13.1. The van der Waals surface area contributed by atoms with Crippen molar-refractivity contribution in [2.45, 2.75) is 95.6 Å². The van der Waals surface area contributed by atoms with Gasteiger partial charge in [-0.25, -0.2) is 0 Å². The van der Waals surface area contributed by atoms with Gasteiger partial charge in [0.15, 0.2) is 0 Å². The lowest BCUT2D eigenvalue weighted by molar-refractivity contribution is -0.394. The van der Waals surface area contributed by atoms with Crippen LogP contribution in [0.3, 0.4) is 0 Å². The second kappa shape index (κ2) is 6.57. The van der Waals surface area contributed by atoms with Gasteiger partial charge in [0.2, 0.25) is 12.2 Å². The Morgan fingerprint density at radius 2 is 1.61 bits per heavy atom. The molecule has 178 valence electrons. The summed E-state index contributed by atoms with van der Waals surface area (Å²) in [4.78, 5) is 28.6. The van der Waals surface area contributed by atoms with Gasteiger partial charge in [-0.2, -0.15) is 4.68 Å². The van der Waals surface area contributed by atoms with Crippen molar-refractivity contribution >= 4 is 11.9 Å². The van der Waals surface area contributed by atoms with E-state index in [1.54, 1.807) is 4.68 Å². The van der Waals surface area contributed by atoms with Gasteiger partial charge in [-0.15, -0.1) is 0 Å². The van der Waals surface area contributed by atoms with Crippen LogP contribution in [0.25, 0.3) is 0 Å². The highest BCUT2D eigenvalue weighted by Crippen LogP contribution is 2.65. The summed E-state index contributed by atoms with van der Waals surface area (Å²) in [6.45, 7) is 2.28. The molecule has 0 aromatic carbocycles. The molecule has 0 unspecified atom stereocenters. The smallest absolute Gasteiger partial charge is 0.390 e. The summed E-state index contributed by atoms with van der Waals surface area (Å²) in [5.74, 6) is 3.54. The van der Waals surface area contributed by atoms with Crippen molar-refractivity contribution in [3.05, 3.63) is 16.4 Å². The highest BCUT2D eigenvalue weighted by molar-refractivity contribution is 5.83. The van der Waals surface area contributed by atoms with E-state index in [-0.39, 0.29) is 28.9 Å². The van der Waals surface area contributed by atoms with Crippen LogP contribution in [0.15, 0.2) is 6.33 Å². The zero-order valence-electron chi connectivity index (χ0n) is 19.5. The first-order chi connectivity index (χ1) is 15.8. The quantitative estimate of drug-likeness (QED) is 0.532.